The second-order valence-corrected chi connectivity index (χ2v) is 5.52. The first-order chi connectivity index (χ1) is 6.66. The molecule has 2 rings (SSSR count). The summed E-state index contributed by atoms with van der Waals surface area (Å²) in [6, 6.07) is 2.54. The van der Waals surface area contributed by atoms with E-state index in [9.17, 15) is 0 Å². The molecule has 82 valence electrons. The van der Waals surface area contributed by atoms with Gasteiger partial charge in [-0.05, 0) is 45.2 Å². The SMILES string of the molecule is CC(C)CNC1C[C@@H]2CC[C@@H](C1)N2C. The zero-order valence-electron chi connectivity index (χ0n) is 9.79. The minimum absolute atomic E-state index is 0.785. The highest BCUT2D eigenvalue weighted by molar-refractivity contribution is 4.95. The maximum Gasteiger partial charge on any atom is 0.0111 e. The van der Waals surface area contributed by atoms with E-state index in [0.717, 1.165) is 24.0 Å². The third-order valence-corrected chi connectivity index (χ3v) is 3.91. The minimum atomic E-state index is 0.785. The van der Waals surface area contributed by atoms with Gasteiger partial charge >= 0.3 is 0 Å². The topological polar surface area (TPSA) is 15.3 Å². The highest BCUT2D eigenvalue weighted by Crippen LogP contribution is 2.34. The van der Waals surface area contributed by atoms with Gasteiger partial charge in [0.05, 0.1) is 0 Å². The van der Waals surface area contributed by atoms with E-state index in [0.29, 0.717) is 0 Å². The van der Waals surface area contributed by atoms with E-state index in [2.05, 4.69) is 31.1 Å². The maximum atomic E-state index is 3.72. The van der Waals surface area contributed by atoms with Crippen molar-refractivity contribution in [1.29, 1.82) is 0 Å². The number of nitrogens with one attached hydrogen (secondary N) is 1. The van der Waals surface area contributed by atoms with E-state index in [-0.39, 0.29) is 0 Å². The highest BCUT2D eigenvalue weighted by Gasteiger charge is 2.37. The van der Waals surface area contributed by atoms with Gasteiger partial charge in [0.1, 0.15) is 0 Å². The standard InChI is InChI=1S/C12H24N2/c1-9(2)8-13-10-6-11-4-5-12(7-10)14(11)3/h9-13H,4-8H2,1-3H3/t11-,12-/m0/s1. The van der Waals surface area contributed by atoms with Crippen LogP contribution in [0.25, 0.3) is 0 Å². The van der Waals surface area contributed by atoms with Crippen molar-refractivity contribution in [3.05, 3.63) is 0 Å². The molecule has 2 heterocycles. The molecule has 2 nitrogen and oxygen atoms in total. The summed E-state index contributed by atoms with van der Waals surface area (Å²) in [5.74, 6) is 0.785. The molecule has 1 N–H and O–H groups in total. The normalized spacial score (nSPS) is 38.1. The van der Waals surface area contributed by atoms with Crippen LogP contribution >= 0.6 is 0 Å². The van der Waals surface area contributed by atoms with Gasteiger partial charge in [-0.25, -0.2) is 0 Å². The lowest BCUT2D eigenvalue weighted by molar-refractivity contribution is 0.147. The molecule has 0 aromatic heterocycles. The Morgan fingerprint density at radius 2 is 1.79 bits per heavy atom. The Kier molecular flexibility index (Phi) is 3.13. The van der Waals surface area contributed by atoms with Crippen LogP contribution in [-0.2, 0) is 0 Å². The van der Waals surface area contributed by atoms with Crippen molar-refractivity contribution in [2.24, 2.45) is 5.92 Å². The molecule has 2 aliphatic rings. The lowest BCUT2D eigenvalue weighted by atomic mass is 9.97. The van der Waals surface area contributed by atoms with Crippen molar-refractivity contribution in [1.82, 2.24) is 10.2 Å². The first kappa shape index (κ1) is 10.4. The van der Waals surface area contributed by atoms with Gasteiger partial charge in [0.15, 0.2) is 0 Å². The van der Waals surface area contributed by atoms with Crippen molar-refractivity contribution in [2.45, 2.75) is 57.7 Å². The van der Waals surface area contributed by atoms with Crippen LogP contribution in [0.15, 0.2) is 0 Å². The second-order valence-electron chi connectivity index (χ2n) is 5.52. The summed E-state index contributed by atoms with van der Waals surface area (Å²) in [5.41, 5.74) is 0. The maximum absolute atomic E-state index is 3.72. The van der Waals surface area contributed by atoms with E-state index >= 15 is 0 Å². The van der Waals surface area contributed by atoms with Gasteiger partial charge in [-0.2, -0.15) is 0 Å². The van der Waals surface area contributed by atoms with Gasteiger partial charge in [0, 0.05) is 18.1 Å². The Morgan fingerprint density at radius 3 is 2.29 bits per heavy atom. The summed E-state index contributed by atoms with van der Waals surface area (Å²) in [6.45, 7) is 5.76. The van der Waals surface area contributed by atoms with Gasteiger partial charge in [-0.15, -0.1) is 0 Å². The van der Waals surface area contributed by atoms with Crippen molar-refractivity contribution in [3.8, 4) is 0 Å². The van der Waals surface area contributed by atoms with Gasteiger partial charge < -0.3 is 10.2 Å². The Hall–Kier alpha value is -0.0800. The molecule has 2 saturated heterocycles. The molecule has 0 radical (unpaired) electrons. The fraction of sp³-hybridized carbons (Fsp3) is 1.00. The predicted molar refractivity (Wildman–Crippen MR) is 60.4 cm³/mol. The Labute approximate surface area is 88.1 Å². The molecule has 0 saturated carbocycles. The van der Waals surface area contributed by atoms with Gasteiger partial charge in [0.2, 0.25) is 0 Å². The van der Waals surface area contributed by atoms with Crippen LogP contribution in [0.3, 0.4) is 0 Å². The number of hydrogen-bond acceptors (Lipinski definition) is 2. The first-order valence-electron chi connectivity index (χ1n) is 6.12. The quantitative estimate of drug-likeness (QED) is 0.741. The molecule has 2 heteroatoms. The fourth-order valence-corrected chi connectivity index (χ4v) is 2.98. The molecule has 2 fully saturated rings. The zero-order chi connectivity index (χ0) is 10.1. The largest absolute Gasteiger partial charge is 0.314 e. The number of nitrogens with zero attached hydrogens (tertiary/aromatic N) is 1. The number of fused-ring (bicyclic) bond motifs is 2. The van der Waals surface area contributed by atoms with Crippen LogP contribution < -0.4 is 5.32 Å². The van der Waals surface area contributed by atoms with Gasteiger partial charge in [0.25, 0.3) is 0 Å². The Morgan fingerprint density at radius 1 is 1.21 bits per heavy atom. The van der Waals surface area contributed by atoms with E-state index in [1.54, 1.807) is 0 Å². The number of hydrogen-bond donors (Lipinski definition) is 1. The molecule has 14 heavy (non-hydrogen) atoms. The number of piperidine rings is 1. The highest BCUT2D eigenvalue weighted by atomic mass is 15.2. The van der Waals surface area contributed by atoms with Crippen LogP contribution in [0.2, 0.25) is 0 Å². The van der Waals surface area contributed by atoms with Crippen molar-refractivity contribution < 1.29 is 0 Å². The summed E-state index contributed by atoms with van der Waals surface area (Å²) in [7, 11) is 2.31. The molecule has 2 bridgehead atoms. The lowest BCUT2D eigenvalue weighted by Gasteiger charge is -2.37. The van der Waals surface area contributed by atoms with Crippen molar-refractivity contribution in [3.63, 3.8) is 0 Å². The summed E-state index contributed by atoms with van der Waals surface area (Å²) < 4.78 is 0. The van der Waals surface area contributed by atoms with Crippen LogP contribution in [-0.4, -0.2) is 36.6 Å². The van der Waals surface area contributed by atoms with E-state index < -0.39 is 0 Å². The van der Waals surface area contributed by atoms with Crippen LogP contribution in [0.4, 0.5) is 0 Å². The van der Waals surface area contributed by atoms with E-state index in [1.807, 2.05) is 0 Å². The Bertz CT molecular complexity index is 177. The monoisotopic (exact) mass is 196 g/mol. The zero-order valence-corrected chi connectivity index (χ0v) is 9.79. The molecule has 0 spiro atoms. The summed E-state index contributed by atoms with van der Waals surface area (Å²) in [5, 5.41) is 3.72. The molecule has 0 amide bonds. The van der Waals surface area contributed by atoms with Gasteiger partial charge in [-0.1, -0.05) is 13.8 Å². The average Bonchev–Trinajstić information content (AvgIpc) is 2.41. The Balaban J connectivity index is 1.81. The second kappa shape index (κ2) is 4.19. The van der Waals surface area contributed by atoms with Crippen LogP contribution in [0.5, 0.6) is 0 Å². The molecular weight excluding hydrogens is 172 g/mol. The third kappa shape index (κ3) is 2.12. The molecule has 2 aliphatic heterocycles. The summed E-state index contributed by atoms with van der Waals surface area (Å²) in [6.07, 6.45) is 5.61. The molecule has 0 aromatic carbocycles. The smallest absolute Gasteiger partial charge is 0.0111 e. The molecule has 0 aliphatic carbocycles. The summed E-state index contributed by atoms with van der Waals surface area (Å²) >= 11 is 0. The van der Waals surface area contributed by atoms with Gasteiger partial charge in [-0.3, -0.25) is 0 Å². The number of rotatable bonds is 3. The first-order valence-corrected chi connectivity index (χ1v) is 6.12. The van der Waals surface area contributed by atoms with Crippen molar-refractivity contribution >= 4 is 0 Å². The van der Waals surface area contributed by atoms with E-state index in [1.165, 1.54) is 32.2 Å². The predicted octanol–water partition coefficient (Wildman–Crippen LogP) is 1.86. The average molecular weight is 196 g/mol. The molecule has 0 unspecified atom stereocenters. The van der Waals surface area contributed by atoms with Crippen molar-refractivity contribution in [2.75, 3.05) is 13.6 Å². The lowest BCUT2D eigenvalue weighted by Crippen LogP contribution is -2.47. The molecule has 2 atom stereocenters. The van der Waals surface area contributed by atoms with Crippen LogP contribution in [0, 0.1) is 5.92 Å². The van der Waals surface area contributed by atoms with E-state index in [4.69, 9.17) is 0 Å². The van der Waals surface area contributed by atoms with Crippen LogP contribution in [0.1, 0.15) is 39.5 Å². The molecule has 0 aromatic rings. The fourth-order valence-electron chi connectivity index (χ4n) is 2.98. The molecular formula is C12H24N2. The summed E-state index contributed by atoms with van der Waals surface area (Å²) in [4.78, 5) is 2.60. The third-order valence-electron chi connectivity index (χ3n) is 3.91. The minimum Gasteiger partial charge on any atom is -0.314 e.